The maximum Gasteiger partial charge on any atom is 0.252 e. The number of hydrogen-bond donors (Lipinski definition) is 0. The van der Waals surface area contributed by atoms with Crippen molar-refractivity contribution in [3.63, 3.8) is 0 Å². The standard InChI is InChI=1S/C97H85BN6/c1-94(2,3)70-45-51-83-77(55-70)78-56-71(95(4,5)6)46-52-84(78)102(83)74-47-49-81-86(61-74)103(82-50-44-68(62-31-19-13-20-32-62)53-75(82)64-35-23-15-24-36-64)87-59-73(97(10,11)12)60-88-89(87)98(81)80-48-43-69(63-33-21-14-22-34-63)54-85(80)104(88)90-76(65-37-25-16-26-38-65)57-72(96(7,8)9)58-79(90)93-100-91(66-39-27-17-28-40-66)99-92(101-93)67-41-29-18-30-42-67/h13-61H,1-12H3/i14D,21D,22D,33D,34D. The fourth-order valence-electron chi connectivity index (χ4n) is 15.5. The molecule has 0 atom stereocenters. The van der Waals surface area contributed by atoms with Crippen molar-refractivity contribution >= 4 is 79.0 Å². The molecular formula is C97H85BN6. The number of rotatable bonds is 10. The van der Waals surface area contributed by atoms with Crippen molar-refractivity contribution in [1.29, 1.82) is 0 Å². The van der Waals surface area contributed by atoms with Crippen LogP contribution in [0.2, 0.25) is 0 Å². The molecule has 0 spiro atoms. The van der Waals surface area contributed by atoms with Gasteiger partial charge in [0.2, 0.25) is 0 Å². The van der Waals surface area contributed by atoms with Gasteiger partial charge in [0.25, 0.3) is 6.71 Å². The highest BCUT2D eigenvalue weighted by atomic mass is 15.2. The fraction of sp³-hybridized carbons (Fsp3) is 0.165. The molecule has 13 aromatic carbocycles. The van der Waals surface area contributed by atoms with E-state index in [9.17, 15) is 5.48 Å². The third-order valence-electron chi connectivity index (χ3n) is 21.1. The smallest absolute Gasteiger partial charge is 0.252 e. The van der Waals surface area contributed by atoms with Crippen LogP contribution in [0.15, 0.2) is 297 Å². The molecule has 2 aromatic heterocycles. The summed E-state index contributed by atoms with van der Waals surface area (Å²) in [6.45, 7) is 26.9. The van der Waals surface area contributed by atoms with Crippen LogP contribution in [0.3, 0.4) is 0 Å². The molecule has 0 saturated carbocycles. The van der Waals surface area contributed by atoms with Crippen molar-refractivity contribution < 1.29 is 6.85 Å². The van der Waals surface area contributed by atoms with Gasteiger partial charge in [-0.25, -0.2) is 15.0 Å². The summed E-state index contributed by atoms with van der Waals surface area (Å²) >= 11 is 0. The SMILES string of the molecule is [2H]c1c([2H])c([2H])c(-c2ccc3c(c2)N(c2c(-c4ccccc4)cc(C(C)(C)C)cc2-c2nc(-c4ccccc4)nc(-c4ccccc4)n2)c2cc(C(C)(C)C)cc4c2B3c2ccc(-n3c5ccc(C(C)(C)C)cc5c5cc(C(C)(C)C)ccc53)cc2N4c2ccc(-c3ccccc3)cc2-c2ccccc2)c([2H])c1[2H]. The second kappa shape index (κ2) is 25.1. The highest BCUT2D eigenvalue weighted by Crippen LogP contribution is 2.54. The molecule has 0 aliphatic carbocycles. The van der Waals surface area contributed by atoms with Gasteiger partial charge in [0.05, 0.1) is 29.3 Å². The van der Waals surface area contributed by atoms with E-state index in [1.807, 2.05) is 66.7 Å². The number of anilines is 6. The van der Waals surface area contributed by atoms with E-state index in [4.69, 9.17) is 16.3 Å². The van der Waals surface area contributed by atoms with Crippen LogP contribution in [-0.4, -0.2) is 26.2 Å². The van der Waals surface area contributed by atoms with Crippen LogP contribution < -0.4 is 26.2 Å². The second-order valence-electron chi connectivity index (χ2n) is 32.1. The summed E-state index contributed by atoms with van der Waals surface area (Å²) < 4.78 is 49.1. The summed E-state index contributed by atoms with van der Waals surface area (Å²) in [5.41, 5.74) is 24.4. The highest BCUT2D eigenvalue weighted by molar-refractivity contribution is 7.00. The van der Waals surface area contributed by atoms with Crippen molar-refractivity contribution in [1.82, 2.24) is 19.5 Å². The van der Waals surface area contributed by atoms with Crippen LogP contribution in [0.1, 0.15) is 112 Å². The first-order valence-electron chi connectivity index (χ1n) is 38.8. The van der Waals surface area contributed by atoms with Crippen LogP contribution in [0.4, 0.5) is 34.1 Å². The van der Waals surface area contributed by atoms with Crippen molar-refractivity contribution in [2.24, 2.45) is 0 Å². The molecule has 15 aromatic rings. The van der Waals surface area contributed by atoms with Gasteiger partial charge in [0.15, 0.2) is 17.5 Å². The first-order chi connectivity index (χ1) is 52.2. The Labute approximate surface area is 620 Å². The molecule has 17 rings (SSSR count). The third kappa shape index (κ3) is 11.6. The molecule has 0 amide bonds. The van der Waals surface area contributed by atoms with Gasteiger partial charge in [-0.15, -0.1) is 0 Å². The van der Waals surface area contributed by atoms with Crippen LogP contribution in [-0.2, 0) is 21.7 Å². The summed E-state index contributed by atoms with van der Waals surface area (Å²) in [6, 6.07) is 94.2. The molecule has 0 radical (unpaired) electrons. The lowest BCUT2D eigenvalue weighted by molar-refractivity contribution is 0.590. The highest BCUT2D eigenvalue weighted by Gasteiger charge is 2.46. The van der Waals surface area contributed by atoms with Gasteiger partial charge in [0, 0.05) is 67.0 Å². The molecule has 2 aliphatic rings. The largest absolute Gasteiger partial charge is 0.311 e. The molecule has 0 N–H and O–H groups in total. The Balaban J connectivity index is 1.05. The molecule has 6 nitrogen and oxygen atoms in total. The number of hydrogen-bond acceptors (Lipinski definition) is 5. The molecule has 4 heterocycles. The molecule has 2 aliphatic heterocycles. The van der Waals surface area contributed by atoms with E-state index in [-0.39, 0.29) is 28.5 Å². The van der Waals surface area contributed by atoms with Crippen LogP contribution in [0.25, 0.3) is 106 Å². The molecular weight excluding hydrogens is 1260 g/mol. The summed E-state index contributed by atoms with van der Waals surface area (Å²) in [4.78, 5) is 21.5. The van der Waals surface area contributed by atoms with Crippen LogP contribution in [0.5, 0.6) is 0 Å². The summed E-state index contributed by atoms with van der Waals surface area (Å²) in [7, 11) is 0. The Hall–Kier alpha value is -11.7. The van der Waals surface area contributed by atoms with E-state index in [1.165, 1.54) is 21.9 Å². The lowest BCUT2D eigenvalue weighted by Gasteiger charge is -2.46. The van der Waals surface area contributed by atoms with Gasteiger partial charge >= 0.3 is 0 Å². The zero-order valence-electron chi connectivity index (χ0n) is 66.2. The Morgan fingerprint density at radius 2 is 0.731 bits per heavy atom. The first kappa shape index (κ1) is 60.0. The predicted octanol–water partition coefficient (Wildman–Crippen LogP) is 23.9. The second-order valence-corrected chi connectivity index (χ2v) is 32.1. The van der Waals surface area contributed by atoms with Gasteiger partial charge in [0.1, 0.15) is 0 Å². The Kier molecular flexibility index (Phi) is 14.5. The Bertz CT molecular complexity index is 6000. The minimum absolute atomic E-state index is 0.103. The first-order valence-corrected chi connectivity index (χ1v) is 36.3. The van der Waals surface area contributed by atoms with Gasteiger partial charge in [-0.05, 0) is 173 Å². The number of nitrogens with zero attached hydrogens (tertiary/aromatic N) is 6. The maximum absolute atomic E-state index is 9.69. The lowest BCUT2D eigenvalue weighted by Crippen LogP contribution is -2.61. The zero-order valence-corrected chi connectivity index (χ0v) is 61.2. The summed E-state index contributed by atoms with van der Waals surface area (Å²) in [5, 5.41) is 2.39. The number of benzene rings is 13. The normalized spacial score (nSPS) is 13.6. The van der Waals surface area contributed by atoms with E-state index in [2.05, 4.69) is 298 Å². The Morgan fingerprint density at radius 1 is 0.298 bits per heavy atom. The molecule has 506 valence electrons. The molecule has 104 heavy (non-hydrogen) atoms. The number of fused-ring (bicyclic) bond motifs is 7. The minimum Gasteiger partial charge on any atom is -0.311 e. The molecule has 0 unspecified atom stereocenters. The van der Waals surface area contributed by atoms with Gasteiger partial charge in [-0.3, -0.25) is 0 Å². The van der Waals surface area contributed by atoms with Gasteiger partial charge < -0.3 is 14.4 Å². The zero-order chi connectivity index (χ0) is 75.9. The van der Waals surface area contributed by atoms with E-state index < -0.39 is 35.7 Å². The summed E-state index contributed by atoms with van der Waals surface area (Å²) in [6.07, 6.45) is 0. The third-order valence-corrected chi connectivity index (χ3v) is 21.1. The average Bonchev–Trinajstić information content (AvgIpc) is 0.769. The van der Waals surface area contributed by atoms with E-state index in [1.54, 1.807) is 0 Å². The fourth-order valence-corrected chi connectivity index (χ4v) is 15.5. The van der Waals surface area contributed by atoms with Crippen molar-refractivity contribution in [2.45, 2.75) is 105 Å². The van der Waals surface area contributed by atoms with Crippen LogP contribution >= 0.6 is 0 Å². The van der Waals surface area contributed by atoms with Crippen molar-refractivity contribution in [3.05, 3.63) is 319 Å². The van der Waals surface area contributed by atoms with E-state index >= 15 is 0 Å². The summed E-state index contributed by atoms with van der Waals surface area (Å²) in [5.74, 6) is 1.48. The van der Waals surface area contributed by atoms with Crippen LogP contribution in [0, 0.1) is 0 Å². The van der Waals surface area contributed by atoms with Crippen molar-refractivity contribution in [2.75, 3.05) is 9.80 Å². The van der Waals surface area contributed by atoms with Gasteiger partial charge in [-0.2, -0.15) is 0 Å². The average molecular weight is 1350 g/mol. The number of aromatic nitrogens is 4. The minimum atomic E-state index is -0.472. The molecule has 0 saturated heterocycles. The monoisotopic (exact) mass is 1350 g/mol. The lowest BCUT2D eigenvalue weighted by atomic mass is 9.33. The van der Waals surface area contributed by atoms with E-state index in [0.717, 1.165) is 128 Å². The van der Waals surface area contributed by atoms with Crippen molar-refractivity contribution in [3.8, 4) is 84.4 Å². The Morgan fingerprint density at radius 3 is 1.26 bits per heavy atom. The van der Waals surface area contributed by atoms with Gasteiger partial charge in [-0.1, -0.05) is 301 Å². The quantitative estimate of drug-likeness (QED) is 0.128. The molecule has 0 fully saturated rings. The predicted molar refractivity (Wildman–Crippen MR) is 441 cm³/mol. The maximum atomic E-state index is 9.69. The topological polar surface area (TPSA) is 50.1 Å². The molecule has 0 bridgehead atoms. The van der Waals surface area contributed by atoms with E-state index in [0.29, 0.717) is 23.0 Å². The molecule has 7 heteroatoms.